The van der Waals surface area contributed by atoms with Crippen LogP contribution in [0.15, 0.2) is 35.9 Å². The minimum absolute atomic E-state index is 0.0185. The molecule has 1 heterocycles. The van der Waals surface area contributed by atoms with Crippen LogP contribution in [0.25, 0.3) is 0 Å². The number of hydrogen-bond acceptors (Lipinski definition) is 2. The quantitative estimate of drug-likeness (QED) is 0.835. The molecule has 2 rings (SSSR count). The molecule has 3 heteroatoms. The SMILES string of the molecule is CC(C)(C)c1ccc(C(=O)NCCC2=CCNCC2)cc1. The van der Waals surface area contributed by atoms with Crippen molar-refractivity contribution in [2.45, 2.75) is 39.0 Å². The van der Waals surface area contributed by atoms with Gasteiger partial charge in [0.15, 0.2) is 0 Å². The van der Waals surface area contributed by atoms with Gasteiger partial charge in [-0.15, -0.1) is 0 Å². The second kappa shape index (κ2) is 6.90. The van der Waals surface area contributed by atoms with Gasteiger partial charge < -0.3 is 10.6 Å². The van der Waals surface area contributed by atoms with Crippen LogP contribution in [0.5, 0.6) is 0 Å². The third-order valence-corrected chi connectivity index (χ3v) is 3.90. The molecular weight excluding hydrogens is 260 g/mol. The van der Waals surface area contributed by atoms with Crippen LogP contribution in [0.3, 0.4) is 0 Å². The molecule has 3 nitrogen and oxygen atoms in total. The third-order valence-electron chi connectivity index (χ3n) is 3.90. The van der Waals surface area contributed by atoms with Gasteiger partial charge >= 0.3 is 0 Å². The van der Waals surface area contributed by atoms with Gasteiger partial charge in [-0.05, 0) is 42.5 Å². The topological polar surface area (TPSA) is 41.1 Å². The van der Waals surface area contributed by atoms with Crippen molar-refractivity contribution in [3.05, 3.63) is 47.0 Å². The van der Waals surface area contributed by atoms with Gasteiger partial charge in [0.1, 0.15) is 0 Å². The van der Waals surface area contributed by atoms with E-state index in [0.717, 1.165) is 31.5 Å². The van der Waals surface area contributed by atoms with Crippen LogP contribution in [0.2, 0.25) is 0 Å². The maximum absolute atomic E-state index is 12.1. The molecule has 0 saturated heterocycles. The highest BCUT2D eigenvalue weighted by atomic mass is 16.1. The number of carbonyl (C=O) groups is 1. The molecular formula is C18H26N2O. The van der Waals surface area contributed by atoms with Gasteiger partial charge in [-0.3, -0.25) is 4.79 Å². The van der Waals surface area contributed by atoms with Gasteiger partial charge in [0.2, 0.25) is 0 Å². The van der Waals surface area contributed by atoms with Crippen molar-refractivity contribution in [2.75, 3.05) is 19.6 Å². The molecule has 0 saturated carbocycles. The number of rotatable bonds is 4. The van der Waals surface area contributed by atoms with Crippen LogP contribution >= 0.6 is 0 Å². The van der Waals surface area contributed by atoms with E-state index < -0.39 is 0 Å². The van der Waals surface area contributed by atoms with Crippen LogP contribution in [-0.4, -0.2) is 25.5 Å². The summed E-state index contributed by atoms with van der Waals surface area (Å²) in [6.07, 6.45) is 4.28. The molecule has 21 heavy (non-hydrogen) atoms. The second-order valence-electron chi connectivity index (χ2n) is 6.65. The Morgan fingerprint density at radius 2 is 1.95 bits per heavy atom. The van der Waals surface area contributed by atoms with Gasteiger partial charge in [-0.25, -0.2) is 0 Å². The van der Waals surface area contributed by atoms with Gasteiger partial charge in [-0.2, -0.15) is 0 Å². The summed E-state index contributed by atoms with van der Waals surface area (Å²) >= 11 is 0. The molecule has 0 bridgehead atoms. The number of amides is 1. The van der Waals surface area contributed by atoms with Crippen molar-refractivity contribution in [3.8, 4) is 0 Å². The summed E-state index contributed by atoms with van der Waals surface area (Å²) in [5, 5.41) is 6.30. The summed E-state index contributed by atoms with van der Waals surface area (Å²) in [5.41, 5.74) is 3.55. The Balaban J connectivity index is 1.84. The number of hydrogen-bond donors (Lipinski definition) is 2. The Kier molecular flexibility index (Phi) is 5.18. The number of benzene rings is 1. The maximum atomic E-state index is 12.1. The Hall–Kier alpha value is -1.61. The largest absolute Gasteiger partial charge is 0.352 e. The average molecular weight is 286 g/mol. The highest BCUT2D eigenvalue weighted by molar-refractivity contribution is 5.94. The summed E-state index contributed by atoms with van der Waals surface area (Å²) in [7, 11) is 0. The molecule has 0 atom stereocenters. The first-order chi connectivity index (χ1) is 9.97. The molecule has 0 spiro atoms. The van der Waals surface area contributed by atoms with Gasteiger partial charge in [0.25, 0.3) is 5.91 Å². The summed E-state index contributed by atoms with van der Waals surface area (Å²) in [6.45, 7) is 9.25. The normalized spacial score (nSPS) is 15.5. The second-order valence-corrected chi connectivity index (χ2v) is 6.65. The first-order valence-electron chi connectivity index (χ1n) is 7.74. The van der Waals surface area contributed by atoms with E-state index in [1.807, 2.05) is 24.3 Å². The fourth-order valence-corrected chi connectivity index (χ4v) is 2.46. The van der Waals surface area contributed by atoms with E-state index in [4.69, 9.17) is 0 Å². The molecule has 114 valence electrons. The number of nitrogens with one attached hydrogen (secondary N) is 2. The standard InChI is InChI=1S/C18H26N2O/c1-18(2,3)16-6-4-15(5-7-16)17(21)20-13-10-14-8-11-19-12-9-14/h4-8,19H,9-13H2,1-3H3,(H,20,21). The van der Waals surface area contributed by atoms with Crippen molar-refractivity contribution in [2.24, 2.45) is 0 Å². The molecule has 1 aromatic carbocycles. The van der Waals surface area contributed by atoms with Gasteiger partial charge in [0, 0.05) is 18.7 Å². The molecule has 0 aromatic heterocycles. The lowest BCUT2D eigenvalue weighted by atomic mass is 9.87. The van der Waals surface area contributed by atoms with E-state index in [1.165, 1.54) is 11.1 Å². The summed E-state index contributed by atoms with van der Waals surface area (Å²) < 4.78 is 0. The van der Waals surface area contributed by atoms with E-state index in [1.54, 1.807) is 0 Å². The fourth-order valence-electron chi connectivity index (χ4n) is 2.46. The zero-order valence-electron chi connectivity index (χ0n) is 13.3. The Bertz CT molecular complexity index is 509. The summed E-state index contributed by atoms with van der Waals surface area (Å²) in [6, 6.07) is 7.92. The molecule has 0 fully saturated rings. The zero-order chi connectivity index (χ0) is 15.3. The lowest BCUT2D eigenvalue weighted by Crippen LogP contribution is -2.26. The number of carbonyl (C=O) groups excluding carboxylic acids is 1. The van der Waals surface area contributed by atoms with Crippen molar-refractivity contribution < 1.29 is 4.79 Å². The third kappa shape index (κ3) is 4.71. The fraction of sp³-hybridized carbons (Fsp3) is 0.500. The molecule has 0 unspecified atom stereocenters. The highest BCUT2D eigenvalue weighted by Crippen LogP contribution is 2.22. The minimum atomic E-state index is 0.0185. The van der Waals surface area contributed by atoms with Crippen LogP contribution < -0.4 is 10.6 Å². The predicted molar refractivity (Wildman–Crippen MR) is 87.7 cm³/mol. The molecule has 1 aliphatic rings. The molecule has 1 amide bonds. The average Bonchev–Trinajstić information content (AvgIpc) is 2.47. The lowest BCUT2D eigenvalue weighted by Gasteiger charge is -2.19. The molecule has 1 aliphatic heterocycles. The van der Waals surface area contributed by atoms with Gasteiger partial charge in [-0.1, -0.05) is 44.6 Å². The molecule has 0 aliphatic carbocycles. The van der Waals surface area contributed by atoms with E-state index in [-0.39, 0.29) is 11.3 Å². The smallest absolute Gasteiger partial charge is 0.251 e. The van der Waals surface area contributed by atoms with Crippen molar-refractivity contribution in [1.82, 2.24) is 10.6 Å². The monoisotopic (exact) mass is 286 g/mol. The Labute approximate surface area is 127 Å². The first-order valence-corrected chi connectivity index (χ1v) is 7.74. The first kappa shape index (κ1) is 15.8. The molecule has 1 aromatic rings. The van der Waals surface area contributed by atoms with Crippen LogP contribution in [0, 0.1) is 0 Å². The Morgan fingerprint density at radius 1 is 1.24 bits per heavy atom. The van der Waals surface area contributed by atoms with Crippen molar-refractivity contribution >= 4 is 5.91 Å². The highest BCUT2D eigenvalue weighted by Gasteiger charge is 2.14. The van der Waals surface area contributed by atoms with Crippen molar-refractivity contribution in [1.29, 1.82) is 0 Å². The van der Waals surface area contributed by atoms with Crippen molar-refractivity contribution in [3.63, 3.8) is 0 Å². The molecule has 0 radical (unpaired) electrons. The van der Waals surface area contributed by atoms with E-state index >= 15 is 0 Å². The Morgan fingerprint density at radius 3 is 2.52 bits per heavy atom. The van der Waals surface area contributed by atoms with Gasteiger partial charge in [0.05, 0.1) is 0 Å². The van der Waals surface area contributed by atoms with E-state index in [9.17, 15) is 4.79 Å². The lowest BCUT2D eigenvalue weighted by molar-refractivity contribution is 0.0954. The molecule has 2 N–H and O–H groups in total. The minimum Gasteiger partial charge on any atom is -0.352 e. The van der Waals surface area contributed by atoms with Crippen LogP contribution in [-0.2, 0) is 5.41 Å². The summed E-state index contributed by atoms with van der Waals surface area (Å²) in [5.74, 6) is 0.0185. The van der Waals surface area contributed by atoms with E-state index in [2.05, 4.69) is 37.5 Å². The zero-order valence-corrected chi connectivity index (χ0v) is 13.3. The maximum Gasteiger partial charge on any atom is 0.251 e. The predicted octanol–water partition coefficient (Wildman–Crippen LogP) is 3.02. The summed E-state index contributed by atoms with van der Waals surface area (Å²) in [4.78, 5) is 12.1. The van der Waals surface area contributed by atoms with Crippen LogP contribution in [0.1, 0.15) is 49.5 Å². The van der Waals surface area contributed by atoms with Crippen LogP contribution in [0.4, 0.5) is 0 Å². The van der Waals surface area contributed by atoms with E-state index in [0.29, 0.717) is 6.54 Å².